The standard InChI is InChI=1S/C19H28N2O2/c1-13(2)23-18-10-6-4-8-15(18)12-20-19(22)17-11-14-7-3-5-9-16(14)21-17/h4,6,8,10,13-14,16-17,21H,3,5,7,9,11-12H2,1-2H3,(H,20,22). The molecule has 126 valence electrons. The molecule has 4 heteroatoms. The summed E-state index contributed by atoms with van der Waals surface area (Å²) in [5.74, 6) is 1.67. The number of rotatable bonds is 5. The Morgan fingerprint density at radius 3 is 2.87 bits per heavy atom. The quantitative estimate of drug-likeness (QED) is 0.878. The molecular weight excluding hydrogens is 288 g/mol. The maximum atomic E-state index is 12.5. The van der Waals surface area contributed by atoms with Crippen molar-refractivity contribution in [2.24, 2.45) is 5.92 Å². The van der Waals surface area contributed by atoms with Gasteiger partial charge < -0.3 is 15.4 Å². The summed E-state index contributed by atoms with van der Waals surface area (Å²) >= 11 is 0. The smallest absolute Gasteiger partial charge is 0.237 e. The average molecular weight is 316 g/mol. The fourth-order valence-electron chi connectivity index (χ4n) is 3.85. The summed E-state index contributed by atoms with van der Waals surface area (Å²) in [6.45, 7) is 4.55. The van der Waals surface area contributed by atoms with Crippen molar-refractivity contribution < 1.29 is 9.53 Å². The van der Waals surface area contributed by atoms with Gasteiger partial charge in [0.1, 0.15) is 5.75 Å². The molecule has 1 aliphatic heterocycles. The van der Waals surface area contributed by atoms with Gasteiger partial charge in [-0.3, -0.25) is 4.79 Å². The van der Waals surface area contributed by atoms with Crippen molar-refractivity contribution in [2.45, 2.75) is 70.7 Å². The van der Waals surface area contributed by atoms with Crippen molar-refractivity contribution in [1.82, 2.24) is 10.6 Å². The Kier molecular flexibility index (Phi) is 5.21. The van der Waals surface area contributed by atoms with Crippen LogP contribution in [-0.4, -0.2) is 24.1 Å². The molecule has 0 spiro atoms. The van der Waals surface area contributed by atoms with E-state index in [9.17, 15) is 4.79 Å². The molecule has 2 fully saturated rings. The van der Waals surface area contributed by atoms with E-state index < -0.39 is 0 Å². The number of amides is 1. The largest absolute Gasteiger partial charge is 0.491 e. The van der Waals surface area contributed by atoms with Crippen LogP contribution in [0.2, 0.25) is 0 Å². The molecule has 1 aromatic rings. The summed E-state index contributed by atoms with van der Waals surface area (Å²) in [6.07, 6.45) is 6.22. The third-order valence-corrected chi connectivity index (χ3v) is 4.97. The third kappa shape index (κ3) is 4.05. The number of hydrogen-bond acceptors (Lipinski definition) is 3. The van der Waals surface area contributed by atoms with Gasteiger partial charge in [-0.2, -0.15) is 0 Å². The van der Waals surface area contributed by atoms with Crippen molar-refractivity contribution in [3.05, 3.63) is 29.8 Å². The van der Waals surface area contributed by atoms with E-state index in [4.69, 9.17) is 4.74 Å². The summed E-state index contributed by atoms with van der Waals surface area (Å²) in [5, 5.41) is 6.62. The van der Waals surface area contributed by atoms with E-state index in [1.165, 1.54) is 25.7 Å². The third-order valence-electron chi connectivity index (χ3n) is 4.97. The Labute approximate surface area is 139 Å². The highest BCUT2D eigenvalue weighted by molar-refractivity contribution is 5.82. The fraction of sp³-hybridized carbons (Fsp3) is 0.632. The zero-order valence-electron chi connectivity index (χ0n) is 14.2. The Bertz CT molecular complexity index is 530. The Hall–Kier alpha value is -1.55. The lowest BCUT2D eigenvalue weighted by molar-refractivity contribution is -0.123. The zero-order chi connectivity index (χ0) is 16.2. The summed E-state index contributed by atoms with van der Waals surface area (Å²) < 4.78 is 5.81. The van der Waals surface area contributed by atoms with E-state index in [2.05, 4.69) is 10.6 Å². The molecule has 1 heterocycles. The fourth-order valence-corrected chi connectivity index (χ4v) is 3.85. The number of hydrogen-bond donors (Lipinski definition) is 2. The second kappa shape index (κ2) is 7.35. The summed E-state index contributed by atoms with van der Waals surface area (Å²) in [4.78, 5) is 12.5. The number of para-hydroxylation sites is 1. The predicted molar refractivity (Wildman–Crippen MR) is 91.3 cm³/mol. The van der Waals surface area contributed by atoms with Gasteiger partial charge in [-0.05, 0) is 45.1 Å². The lowest BCUT2D eigenvalue weighted by atomic mass is 9.85. The van der Waals surface area contributed by atoms with Crippen LogP contribution in [0, 0.1) is 5.92 Å². The first-order valence-corrected chi connectivity index (χ1v) is 8.92. The van der Waals surface area contributed by atoms with E-state index in [1.807, 2.05) is 38.1 Å². The van der Waals surface area contributed by atoms with Crippen LogP contribution in [0.25, 0.3) is 0 Å². The van der Waals surface area contributed by atoms with Gasteiger partial charge in [-0.1, -0.05) is 31.0 Å². The Balaban J connectivity index is 1.55. The molecule has 2 aliphatic rings. The summed E-state index contributed by atoms with van der Waals surface area (Å²) in [7, 11) is 0. The molecule has 0 radical (unpaired) electrons. The lowest BCUT2D eigenvalue weighted by Gasteiger charge is -2.24. The first-order valence-electron chi connectivity index (χ1n) is 8.92. The minimum absolute atomic E-state index is 0.0266. The van der Waals surface area contributed by atoms with Gasteiger partial charge >= 0.3 is 0 Å². The molecule has 2 N–H and O–H groups in total. The Morgan fingerprint density at radius 1 is 1.30 bits per heavy atom. The van der Waals surface area contributed by atoms with E-state index in [-0.39, 0.29) is 18.1 Å². The van der Waals surface area contributed by atoms with Crippen LogP contribution in [0.15, 0.2) is 24.3 Å². The average Bonchev–Trinajstić information content (AvgIpc) is 2.97. The molecule has 1 saturated carbocycles. The van der Waals surface area contributed by atoms with Crippen molar-refractivity contribution in [1.29, 1.82) is 0 Å². The van der Waals surface area contributed by atoms with Gasteiger partial charge in [0, 0.05) is 18.2 Å². The molecule has 3 rings (SSSR count). The number of carbonyl (C=O) groups excluding carboxylic acids is 1. The van der Waals surface area contributed by atoms with Gasteiger partial charge in [0.2, 0.25) is 5.91 Å². The van der Waals surface area contributed by atoms with Gasteiger partial charge in [-0.25, -0.2) is 0 Å². The molecular formula is C19H28N2O2. The summed E-state index contributed by atoms with van der Waals surface area (Å²) in [6, 6.07) is 8.45. The highest BCUT2D eigenvalue weighted by atomic mass is 16.5. The number of carbonyl (C=O) groups is 1. The Morgan fingerprint density at radius 2 is 2.09 bits per heavy atom. The molecule has 1 aromatic carbocycles. The number of nitrogens with one attached hydrogen (secondary N) is 2. The second-order valence-electron chi connectivity index (χ2n) is 7.10. The minimum atomic E-state index is -0.0266. The predicted octanol–water partition coefficient (Wildman–Crippen LogP) is 3.01. The van der Waals surface area contributed by atoms with E-state index >= 15 is 0 Å². The molecule has 1 aliphatic carbocycles. The van der Waals surface area contributed by atoms with Crippen LogP contribution < -0.4 is 15.4 Å². The first kappa shape index (κ1) is 16.3. The maximum absolute atomic E-state index is 12.5. The molecule has 3 atom stereocenters. The molecule has 23 heavy (non-hydrogen) atoms. The monoisotopic (exact) mass is 316 g/mol. The van der Waals surface area contributed by atoms with Crippen molar-refractivity contribution in [2.75, 3.05) is 0 Å². The second-order valence-corrected chi connectivity index (χ2v) is 7.10. The number of fused-ring (bicyclic) bond motifs is 1. The van der Waals surface area contributed by atoms with E-state index in [1.54, 1.807) is 0 Å². The highest BCUT2D eigenvalue weighted by Crippen LogP contribution is 2.33. The van der Waals surface area contributed by atoms with Crippen LogP contribution in [0.4, 0.5) is 0 Å². The van der Waals surface area contributed by atoms with Crippen LogP contribution in [0.3, 0.4) is 0 Å². The van der Waals surface area contributed by atoms with Gasteiger partial charge in [0.15, 0.2) is 0 Å². The minimum Gasteiger partial charge on any atom is -0.491 e. The summed E-state index contributed by atoms with van der Waals surface area (Å²) in [5.41, 5.74) is 1.03. The van der Waals surface area contributed by atoms with Crippen LogP contribution in [0.1, 0.15) is 51.5 Å². The normalized spacial score (nSPS) is 26.8. The zero-order valence-corrected chi connectivity index (χ0v) is 14.2. The highest BCUT2D eigenvalue weighted by Gasteiger charge is 2.38. The van der Waals surface area contributed by atoms with E-state index in [0.717, 1.165) is 17.7 Å². The van der Waals surface area contributed by atoms with Crippen LogP contribution in [0.5, 0.6) is 5.75 Å². The van der Waals surface area contributed by atoms with Gasteiger partial charge in [0.05, 0.1) is 12.1 Å². The molecule has 0 aromatic heterocycles. The lowest BCUT2D eigenvalue weighted by Crippen LogP contribution is -2.42. The number of ether oxygens (including phenoxy) is 1. The molecule has 1 saturated heterocycles. The van der Waals surface area contributed by atoms with Gasteiger partial charge in [-0.15, -0.1) is 0 Å². The first-order chi connectivity index (χ1) is 11.1. The van der Waals surface area contributed by atoms with Crippen molar-refractivity contribution >= 4 is 5.91 Å². The maximum Gasteiger partial charge on any atom is 0.237 e. The SMILES string of the molecule is CC(C)Oc1ccccc1CNC(=O)C1CC2CCCCC2N1. The van der Waals surface area contributed by atoms with Crippen LogP contribution in [-0.2, 0) is 11.3 Å². The molecule has 1 amide bonds. The topological polar surface area (TPSA) is 50.4 Å². The van der Waals surface area contributed by atoms with Crippen molar-refractivity contribution in [3.63, 3.8) is 0 Å². The molecule has 4 nitrogen and oxygen atoms in total. The molecule has 3 unspecified atom stereocenters. The number of benzene rings is 1. The van der Waals surface area contributed by atoms with Crippen LogP contribution >= 0.6 is 0 Å². The molecule has 0 bridgehead atoms. The van der Waals surface area contributed by atoms with Gasteiger partial charge in [0.25, 0.3) is 0 Å². The van der Waals surface area contributed by atoms with E-state index in [0.29, 0.717) is 18.5 Å². The van der Waals surface area contributed by atoms with Crippen molar-refractivity contribution in [3.8, 4) is 5.75 Å².